The maximum Gasteiger partial charge on any atom is 0.235 e. The van der Waals surface area contributed by atoms with E-state index in [1.54, 1.807) is 11.3 Å². The predicted molar refractivity (Wildman–Crippen MR) is 185 cm³/mol. The molecule has 3 nitrogen and oxygen atoms in total. The first-order chi connectivity index (χ1) is 21.3. The van der Waals surface area contributed by atoms with Gasteiger partial charge in [0.15, 0.2) is 0 Å². The van der Waals surface area contributed by atoms with Crippen molar-refractivity contribution in [2.24, 2.45) is 0 Å². The number of fused-ring (bicyclic) bond motifs is 10. The van der Waals surface area contributed by atoms with E-state index in [4.69, 9.17) is 9.97 Å². The summed E-state index contributed by atoms with van der Waals surface area (Å²) < 4.78 is 7.17. The van der Waals surface area contributed by atoms with E-state index in [-0.39, 0.29) is 0 Å². The largest absolute Gasteiger partial charge is 0.278 e. The summed E-state index contributed by atoms with van der Waals surface area (Å²) >= 11 is 3.63. The van der Waals surface area contributed by atoms with Gasteiger partial charge in [-0.3, -0.25) is 4.57 Å². The highest BCUT2D eigenvalue weighted by Crippen LogP contribution is 2.45. The standard InChI is InChI=1S/C38H21N3S2/c1-2-11-23-21-31-29(20-22(23)10-1)24-12-3-6-17-30(24)41(31)38-39-34-27-14-5-8-19-33(27)43-37(34)35(40-38)28-16-9-15-26-25-13-4-7-18-32(25)42-36(26)28/h1-21H. The molecule has 0 spiro atoms. The summed E-state index contributed by atoms with van der Waals surface area (Å²) in [7, 11) is 0. The summed E-state index contributed by atoms with van der Waals surface area (Å²) in [6, 6.07) is 45.7. The molecule has 6 aromatic carbocycles. The molecule has 0 saturated heterocycles. The number of hydrogen-bond acceptors (Lipinski definition) is 4. The molecule has 0 N–H and O–H groups in total. The first-order valence-electron chi connectivity index (χ1n) is 14.3. The van der Waals surface area contributed by atoms with Crippen molar-refractivity contribution in [2.75, 3.05) is 0 Å². The number of thiophene rings is 2. The maximum absolute atomic E-state index is 5.48. The molecular formula is C38H21N3S2. The van der Waals surface area contributed by atoms with Crippen molar-refractivity contribution < 1.29 is 0 Å². The van der Waals surface area contributed by atoms with Crippen molar-refractivity contribution >= 4 is 95.7 Å². The van der Waals surface area contributed by atoms with Crippen LogP contribution < -0.4 is 0 Å². The topological polar surface area (TPSA) is 30.7 Å². The molecule has 0 atom stereocenters. The number of benzene rings is 6. The highest BCUT2D eigenvalue weighted by atomic mass is 32.1. The van der Waals surface area contributed by atoms with Crippen LogP contribution >= 0.6 is 22.7 Å². The number of nitrogens with zero attached hydrogens (tertiary/aromatic N) is 3. The van der Waals surface area contributed by atoms with Gasteiger partial charge in [-0.15, -0.1) is 22.7 Å². The molecule has 10 aromatic rings. The lowest BCUT2D eigenvalue weighted by Crippen LogP contribution is -2.02. The first-order valence-corrected chi connectivity index (χ1v) is 16.0. The molecule has 0 fully saturated rings. The molecule has 10 rings (SSSR count). The predicted octanol–water partition coefficient (Wildman–Crippen LogP) is 11.1. The summed E-state index contributed by atoms with van der Waals surface area (Å²) in [5, 5.41) is 8.58. The molecule has 0 aliphatic rings. The van der Waals surface area contributed by atoms with Gasteiger partial charge in [0, 0.05) is 46.6 Å². The molecule has 43 heavy (non-hydrogen) atoms. The van der Waals surface area contributed by atoms with Gasteiger partial charge < -0.3 is 0 Å². The molecular weight excluding hydrogens is 563 g/mol. The minimum absolute atomic E-state index is 0.700. The quantitative estimate of drug-likeness (QED) is 0.203. The second kappa shape index (κ2) is 8.71. The van der Waals surface area contributed by atoms with Gasteiger partial charge in [-0.2, -0.15) is 0 Å². The molecule has 0 amide bonds. The third-order valence-electron chi connectivity index (χ3n) is 8.61. The summed E-state index contributed by atoms with van der Waals surface area (Å²) in [5.41, 5.74) is 5.38. The van der Waals surface area contributed by atoms with Gasteiger partial charge in [0.1, 0.15) is 0 Å². The van der Waals surface area contributed by atoms with Crippen LogP contribution in [0.4, 0.5) is 0 Å². The zero-order valence-electron chi connectivity index (χ0n) is 22.8. The van der Waals surface area contributed by atoms with E-state index < -0.39 is 0 Å². The fourth-order valence-corrected chi connectivity index (χ4v) is 9.03. The van der Waals surface area contributed by atoms with E-state index in [2.05, 4.69) is 132 Å². The van der Waals surface area contributed by atoms with Gasteiger partial charge in [-0.05, 0) is 41.1 Å². The first kappa shape index (κ1) is 23.5. The average Bonchev–Trinajstić information content (AvgIpc) is 3.73. The SMILES string of the molecule is c1ccc2cc3c(cc2c1)c1ccccc1n3-c1nc(-c2cccc3c2sc2ccccc23)c2sc3ccccc3c2n1. The Labute approximate surface area is 253 Å². The molecule has 0 bridgehead atoms. The van der Waals surface area contributed by atoms with Crippen LogP contribution in [0.25, 0.3) is 90.3 Å². The highest BCUT2D eigenvalue weighted by Gasteiger charge is 2.22. The second-order valence-corrected chi connectivity index (χ2v) is 13.1. The molecule has 0 aliphatic carbocycles. The minimum atomic E-state index is 0.700. The van der Waals surface area contributed by atoms with Crippen LogP contribution in [0.3, 0.4) is 0 Å². The normalized spacial score (nSPS) is 12.2. The van der Waals surface area contributed by atoms with Crippen LogP contribution in [0.15, 0.2) is 127 Å². The Bertz CT molecular complexity index is 2750. The van der Waals surface area contributed by atoms with Gasteiger partial charge in [-0.25, -0.2) is 9.97 Å². The third-order valence-corrected chi connectivity index (χ3v) is 11.0. The lowest BCUT2D eigenvalue weighted by atomic mass is 10.1. The van der Waals surface area contributed by atoms with Crippen molar-refractivity contribution in [3.05, 3.63) is 127 Å². The second-order valence-electron chi connectivity index (χ2n) is 11.0. The molecule has 0 unspecified atom stereocenters. The Morgan fingerprint density at radius 3 is 1.98 bits per heavy atom. The Morgan fingerprint density at radius 2 is 1.12 bits per heavy atom. The Morgan fingerprint density at radius 1 is 0.465 bits per heavy atom. The van der Waals surface area contributed by atoms with Crippen LogP contribution in [-0.2, 0) is 0 Å². The lowest BCUT2D eigenvalue weighted by molar-refractivity contribution is 1.02. The summed E-state index contributed by atoms with van der Waals surface area (Å²) in [6.45, 7) is 0. The number of aromatic nitrogens is 3. The van der Waals surface area contributed by atoms with Crippen molar-refractivity contribution in [3.8, 4) is 17.2 Å². The number of para-hydroxylation sites is 1. The van der Waals surface area contributed by atoms with E-state index in [9.17, 15) is 0 Å². The summed E-state index contributed by atoms with van der Waals surface area (Å²) in [4.78, 5) is 10.8. The Balaban J connectivity index is 1.37. The van der Waals surface area contributed by atoms with E-state index in [0.29, 0.717) is 5.95 Å². The van der Waals surface area contributed by atoms with E-state index >= 15 is 0 Å². The zero-order valence-corrected chi connectivity index (χ0v) is 24.4. The summed E-state index contributed by atoms with van der Waals surface area (Å²) in [6.07, 6.45) is 0. The molecule has 4 aromatic heterocycles. The maximum atomic E-state index is 5.48. The fraction of sp³-hybridized carbons (Fsp3) is 0. The van der Waals surface area contributed by atoms with Crippen LogP contribution in [0.2, 0.25) is 0 Å². The molecule has 5 heteroatoms. The van der Waals surface area contributed by atoms with Crippen molar-refractivity contribution in [1.29, 1.82) is 0 Å². The zero-order chi connectivity index (χ0) is 28.1. The number of rotatable bonds is 2. The lowest BCUT2D eigenvalue weighted by Gasteiger charge is -2.11. The van der Waals surface area contributed by atoms with E-state index in [1.807, 2.05) is 11.3 Å². The Kier molecular flexibility index (Phi) is 4.75. The van der Waals surface area contributed by atoms with Crippen LogP contribution in [-0.4, -0.2) is 14.5 Å². The van der Waals surface area contributed by atoms with Crippen LogP contribution in [0.5, 0.6) is 0 Å². The van der Waals surface area contributed by atoms with Gasteiger partial charge in [0.25, 0.3) is 0 Å². The van der Waals surface area contributed by atoms with E-state index in [1.165, 1.54) is 51.8 Å². The van der Waals surface area contributed by atoms with Crippen molar-refractivity contribution in [1.82, 2.24) is 14.5 Å². The molecule has 0 radical (unpaired) electrons. The van der Waals surface area contributed by atoms with Gasteiger partial charge in [0.05, 0.1) is 26.9 Å². The number of hydrogen-bond donors (Lipinski definition) is 0. The minimum Gasteiger partial charge on any atom is -0.278 e. The van der Waals surface area contributed by atoms with Gasteiger partial charge in [-0.1, -0.05) is 97.1 Å². The van der Waals surface area contributed by atoms with Gasteiger partial charge in [0.2, 0.25) is 5.95 Å². The monoisotopic (exact) mass is 583 g/mol. The van der Waals surface area contributed by atoms with Crippen LogP contribution in [0, 0.1) is 0 Å². The smallest absolute Gasteiger partial charge is 0.235 e. The molecule has 4 heterocycles. The van der Waals surface area contributed by atoms with Crippen molar-refractivity contribution in [2.45, 2.75) is 0 Å². The fourth-order valence-electron chi connectivity index (χ4n) is 6.67. The molecule has 200 valence electrons. The van der Waals surface area contributed by atoms with Crippen LogP contribution in [0.1, 0.15) is 0 Å². The Hall–Kier alpha value is -5.10. The van der Waals surface area contributed by atoms with E-state index in [0.717, 1.165) is 32.5 Å². The average molecular weight is 584 g/mol. The van der Waals surface area contributed by atoms with Gasteiger partial charge >= 0.3 is 0 Å². The third kappa shape index (κ3) is 3.29. The molecule has 0 aliphatic heterocycles. The molecule has 0 saturated carbocycles. The summed E-state index contributed by atoms with van der Waals surface area (Å²) in [5.74, 6) is 0.700. The van der Waals surface area contributed by atoms with Crippen molar-refractivity contribution in [3.63, 3.8) is 0 Å². The highest BCUT2D eigenvalue weighted by molar-refractivity contribution is 7.27.